The van der Waals surface area contributed by atoms with E-state index in [1.165, 1.54) is 12.5 Å². The van der Waals surface area contributed by atoms with Gasteiger partial charge in [-0.15, -0.1) is 0 Å². The number of amides is 1. The molecule has 1 aliphatic carbocycles. The van der Waals surface area contributed by atoms with E-state index >= 15 is 0 Å². The molecule has 21 heavy (non-hydrogen) atoms. The van der Waals surface area contributed by atoms with Crippen LogP contribution in [0.3, 0.4) is 0 Å². The molecule has 1 aromatic rings. The van der Waals surface area contributed by atoms with E-state index in [2.05, 4.69) is 5.32 Å². The average molecular weight is 289 g/mol. The summed E-state index contributed by atoms with van der Waals surface area (Å²) in [5, 5.41) is 2.86. The molecule has 0 aromatic heterocycles. The number of methoxy groups -OCH3 is 1. The Morgan fingerprint density at radius 3 is 2.43 bits per heavy atom. The van der Waals surface area contributed by atoms with Crippen LogP contribution in [0.4, 0.5) is 0 Å². The predicted octanol–water partition coefficient (Wildman–Crippen LogP) is 2.29. The van der Waals surface area contributed by atoms with E-state index in [9.17, 15) is 9.59 Å². The zero-order valence-electron chi connectivity index (χ0n) is 13.1. The molecule has 0 radical (unpaired) electrons. The van der Waals surface area contributed by atoms with Crippen molar-refractivity contribution in [3.8, 4) is 0 Å². The van der Waals surface area contributed by atoms with Gasteiger partial charge in [0.2, 0.25) is 5.91 Å². The van der Waals surface area contributed by atoms with Crippen molar-refractivity contribution in [2.75, 3.05) is 7.11 Å². The molecule has 1 aromatic carbocycles. The Bertz CT molecular complexity index is 524. The summed E-state index contributed by atoms with van der Waals surface area (Å²) in [4.78, 5) is 24.1. The molecular weight excluding hydrogens is 266 g/mol. The fourth-order valence-electron chi connectivity index (χ4n) is 2.69. The van der Waals surface area contributed by atoms with Crippen LogP contribution in [0.25, 0.3) is 0 Å². The molecule has 0 bridgehead atoms. The average Bonchev–Trinajstić information content (AvgIpc) is 3.25. The summed E-state index contributed by atoms with van der Waals surface area (Å²) >= 11 is 0. The molecule has 0 spiro atoms. The topological polar surface area (TPSA) is 55.4 Å². The molecule has 1 saturated carbocycles. The van der Waals surface area contributed by atoms with Crippen LogP contribution in [0, 0.1) is 5.92 Å². The van der Waals surface area contributed by atoms with Crippen molar-refractivity contribution in [2.24, 2.45) is 5.92 Å². The fraction of sp³-hybridized carbons (Fsp3) is 0.529. The number of rotatable bonds is 6. The third kappa shape index (κ3) is 3.50. The molecule has 1 aliphatic rings. The highest BCUT2D eigenvalue weighted by atomic mass is 16.5. The van der Waals surface area contributed by atoms with Crippen LogP contribution in [0.2, 0.25) is 0 Å². The van der Waals surface area contributed by atoms with Crippen LogP contribution in [0.15, 0.2) is 30.3 Å². The van der Waals surface area contributed by atoms with Gasteiger partial charge in [0.15, 0.2) is 5.78 Å². The number of carbonyl (C=O) groups excluding carboxylic acids is 2. The van der Waals surface area contributed by atoms with E-state index in [0.29, 0.717) is 0 Å². The van der Waals surface area contributed by atoms with Gasteiger partial charge in [-0.3, -0.25) is 9.59 Å². The van der Waals surface area contributed by atoms with Gasteiger partial charge in [0.25, 0.3) is 0 Å². The van der Waals surface area contributed by atoms with Crippen molar-refractivity contribution >= 4 is 11.7 Å². The molecule has 4 nitrogen and oxygen atoms in total. The Labute approximate surface area is 125 Å². The molecule has 0 aliphatic heterocycles. The van der Waals surface area contributed by atoms with Crippen LogP contribution < -0.4 is 5.32 Å². The molecule has 1 N–H and O–H groups in total. The molecule has 4 heteroatoms. The summed E-state index contributed by atoms with van der Waals surface area (Å²) < 4.78 is 5.34. The van der Waals surface area contributed by atoms with Gasteiger partial charge in [-0.05, 0) is 38.7 Å². The van der Waals surface area contributed by atoms with Crippen LogP contribution >= 0.6 is 0 Å². The van der Waals surface area contributed by atoms with Crippen LogP contribution in [-0.2, 0) is 14.3 Å². The number of carbonyl (C=O) groups is 2. The van der Waals surface area contributed by atoms with E-state index in [1.807, 2.05) is 30.3 Å². The van der Waals surface area contributed by atoms with Crippen molar-refractivity contribution in [2.45, 2.75) is 44.8 Å². The van der Waals surface area contributed by atoms with Crippen molar-refractivity contribution in [3.05, 3.63) is 35.9 Å². The Kier molecular flexibility index (Phi) is 4.47. The van der Waals surface area contributed by atoms with Gasteiger partial charge >= 0.3 is 0 Å². The lowest BCUT2D eigenvalue weighted by Gasteiger charge is -2.31. The highest BCUT2D eigenvalue weighted by molar-refractivity contribution is 5.90. The van der Waals surface area contributed by atoms with Crippen LogP contribution in [0.1, 0.15) is 38.7 Å². The number of nitrogens with one attached hydrogen (secondary N) is 1. The second-order valence-electron chi connectivity index (χ2n) is 6.22. The standard InChI is InChI=1S/C17H23NO3/c1-11(19)15(17(2,3)21-4)18-16(20)14-10-13(14)12-8-6-5-7-9-12/h5-9,13-15H,10H2,1-4H3,(H,18,20)/t13-,14?,15?/m0/s1. The van der Waals surface area contributed by atoms with Crippen molar-refractivity contribution < 1.29 is 14.3 Å². The monoisotopic (exact) mass is 289 g/mol. The Morgan fingerprint density at radius 2 is 1.90 bits per heavy atom. The first kappa shape index (κ1) is 15.7. The number of Topliss-reactive ketones (excluding diaryl/α,β-unsaturated/α-hetero) is 1. The molecule has 2 rings (SSSR count). The van der Waals surface area contributed by atoms with Crippen molar-refractivity contribution in [3.63, 3.8) is 0 Å². The molecule has 2 unspecified atom stereocenters. The number of benzene rings is 1. The van der Waals surface area contributed by atoms with E-state index in [4.69, 9.17) is 4.74 Å². The van der Waals surface area contributed by atoms with Gasteiger partial charge < -0.3 is 10.1 Å². The Morgan fingerprint density at radius 1 is 1.29 bits per heavy atom. The molecule has 1 fully saturated rings. The zero-order valence-corrected chi connectivity index (χ0v) is 13.1. The molecular formula is C17H23NO3. The number of ketones is 1. The maximum absolute atomic E-state index is 12.3. The van der Waals surface area contributed by atoms with E-state index in [1.54, 1.807) is 21.0 Å². The van der Waals surface area contributed by atoms with Crippen LogP contribution in [0.5, 0.6) is 0 Å². The Hall–Kier alpha value is -1.68. The van der Waals surface area contributed by atoms with Crippen molar-refractivity contribution in [1.82, 2.24) is 5.32 Å². The number of hydrogen-bond donors (Lipinski definition) is 1. The third-order valence-corrected chi connectivity index (χ3v) is 4.27. The van der Waals surface area contributed by atoms with Gasteiger partial charge in [0, 0.05) is 13.0 Å². The molecule has 0 heterocycles. The predicted molar refractivity (Wildman–Crippen MR) is 81.0 cm³/mol. The number of ether oxygens (including phenoxy) is 1. The highest BCUT2D eigenvalue weighted by Crippen LogP contribution is 2.47. The van der Waals surface area contributed by atoms with Gasteiger partial charge in [-0.25, -0.2) is 0 Å². The molecule has 3 atom stereocenters. The normalized spacial score (nSPS) is 22.5. The number of hydrogen-bond acceptors (Lipinski definition) is 3. The lowest BCUT2D eigenvalue weighted by molar-refractivity contribution is -0.134. The summed E-state index contributed by atoms with van der Waals surface area (Å²) in [6, 6.07) is 9.39. The summed E-state index contributed by atoms with van der Waals surface area (Å²) in [6.07, 6.45) is 0.841. The fourth-order valence-corrected chi connectivity index (χ4v) is 2.69. The lowest BCUT2D eigenvalue weighted by Crippen LogP contribution is -2.54. The first-order valence-corrected chi connectivity index (χ1v) is 7.27. The summed E-state index contributed by atoms with van der Waals surface area (Å²) in [5.41, 5.74) is 0.474. The SMILES string of the molecule is COC(C)(C)C(NC(=O)C1C[C@H]1c1ccccc1)C(C)=O. The Balaban J connectivity index is 2.00. The second-order valence-corrected chi connectivity index (χ2v) is 6.22. The lowest BCUT2D eigenvalue weighted by atomic mass is 9.95. The maximum Gasteiger partial charge on any atom is 0.224 e. The third-order valence-electron chi connectivity index (χ3n) is 4.27. The minimum atomic E-state index is -0.710. The minimum absolute atomic E-state index is 0.0399. The quantitative estimate of drug-likeness (QED) is 0.874. The van der Waals surface area contributed by atoms with E-state index in [-0.39, 0.29) is 23.5 Å². The largest absolute Gasteiger partial charge is 0.376 e. The molecule has 114 valence electrons. The van der Waals surface area contributed by atoms with Gasteiger partial charge in [0.05, 0.1) is 5.60 Å². The first-order chi connectivity index (χ1) is 9.86. The van der Waals surface area contributed by atoms with Gasteiger partial charge in [0.1, 0.15) is 6.04 Å². The summed E-state index contributed by atoms with van der Waals surface area (Å²) in [6.45, 7) is 5.09. The maximum atomic E-state index is 12.3. The van der Waals surface area contributed by atoms with E-state index < -0.39 is 11.6 Å². The van der Waals surface area contributed by atoms with Crippen LogP contribution in [-0.4, -0.2) is 30.4 Å². The molecule has 1 amide bonds. The van der Waals surface area contributed by atoms with Gasteiger partial charge in [-0.2, -0.15) is 0 Å². The second kappa shape index (κ2) is 5.98. The highest BCUT2D eigenvalue weighted by Gasteiger charge is 2.46. The summed E-state index contributed by atoms with van der Waals surface area (Å²) in [7, 11) is 1.55. The van der Waals surface area contributed by atoms with E-state index in [0.717, 1.165) is 6.42 Å². The van der Waals surface area contributed by atoms with Gasteiger partial charge in [-0.1, -0.05) is 30.3 Å². The zero-order chi connectivity index (χ0) is 15.6. The van der Waals surface area contributed by atoms with Crippen molar-refractivity contribution in [1.29, 1.82) is 0 Å². The molecule has 0 saturated heterocycles. The first-order valence-electron chi connectivity index (χ1n) is 7.27. The smallest absolute Gasteiger partial charge is 0.224 e. The minimum Gasteiger partial charge on any atom is -0.376 e. The summed E-state index contributed by atoms with van der Waals surface area (Å²) in [5.74, 6) is 0.0765.